The second kappa shape index (κ2) is 4.38. The van der Waals surface area contributed by atoms with Gasteiger partial charge in [-0.15, -0.1) is 0 Å². The highest BCUT2D eigenvalue weighted by atomic mass is 35.5. The van der Waals surface area contributed by atoms with Crippen LogP contribution < -0.4 is 4.90 Å². The van der Waals surface area contributed by atoms with Gasteiger partial charge in [0.15, 0.2) is 0 Å². The number of amides is 2. The van der Waals surface area contributed by atoms with E-state index in [9.17, 15) is 14.7 Å². The lowest BCUT2D eigenvalue weighted by molar-refractivity contribution is -0.122. The molecule has 1 aliphatic carbocycles. The topological polar surface area (TPSA) is 57.6 Å². The summed E-state index contributed by atoms with van der Waals surface area (Å²) in [4.78, 5) is 25.9. The zero-order valence-electron chi connectivity index (χ0n) is 10.0. The van der Waals surface area contributed by atoms with Crippen LogP contribution in [0.15, 0.2) is 35.4 Å². The third-order valence-corrected chi connectivity index (χ3v) is 3.99. The number of nitrogens with zero attached hydrogens (tertiary/aromatic N) is 1. The molecule has 3 rings (SSSR count). The van der Waals surface area contributed by atoms with E-state index < -0.39 is 0 Å². The van der Waals surface area contributed by atoms with E-state index in [1.807, 2.05) is 6.08 Å². The van der Waals surface area contributed by atoms with Crippen molar-refractivity contribution in [2.45, 2.75) is 12.8 Å². The van der Waals surface area contributed by atoms with E-state index in [-0.39, 0.29) is 29.4 Å². The van der Waals surface area contributed by atoms with E-state index in [1.54, 1.807) is 12.1 Å². The monoisotopic (exact) mass is 277 g/mol. The number of rotatable bonds is 1. The highest BCUT2D eigenvalue weighted by molar-refractivity contribution is 6.30. The minimum Gasteiger partial charge on any atom is -0.508 e. The van der Waals surface area contributed by atoms with Crippen molar-refractivity contribution in [3.8, 4) is 5.75 Å². The Morgan fingerprint density at radius 3 is 2.42 bits per heavy atom. The quantitative estimate of drug-likeness (QED) is 0.802. The summed E-state index contributed by atoms with van der Waals surface area (Å²) in [5, 5.41) is 9.91. The Bertz CT molecular complexity index is 579. The predicted octanol–water partition coefficient (Wildman–Crippen LogP) is 2.41. The predicted molar refractivity (Wildman–Crippen MR) is 70.7 cm³/mol. The van der Waals surface area contributed by atoms with Gasteiger partial charge in [0.25, 0.3) is 0 Å². The van der Waals surface area contributed by atoms with Crippen molar-refractivity contribution < 1.29 is 14.7 Å². The molecule has 0 unspecified atom stereocenters. The number of carbonyl (C=O) groups excluding carboxylic acids is 2. The lowest BCUT2D eigenvalue weighted by Crippen LogP contribution is -2.30. The average molecular weight is 278 g/mol. The Hall–Kier alpha value is -1.81. The highest BCUT2D eigenvalue weighted by Crippen LogP contribution is 2.40. The molecule has 0 bridgehead atoms. The SMILES string of the molecule is O=C1[C@H]2CC=C(Cl)C[C@H]2C(=O)N1c1ccc(O)cc1. The molecule has 4 nitrogen and oxygen atoms in total. The number of halogens is 1. The molecule has 1 saturated heterocycles. The van der Waals surface area contributed by atoms with Gasteiger partial charge in [-0.05, 0) is 37.1 Å². The van der Waals surface area contributed by atoms with Gasteiger partial charge in [0, 0.05) is 5.03 Å². The normalized spacial score (nSPS) is 26.4. The molecule has 5 heteroatoms. The fraction of sp³-hybridized carbons (Fsp3) is 0.286. The Kier molecular flexibility index (Phi) is 2.82. The lowest BCUT2D eigenvalue weighted by Gasteiger charge is -2.17. The first-order valence-electron chi connectivity index (χ1n) is 6.09. The Morgan fingerprint density at radius 1 is 1.11 bits per heavy atom. The summed E-state index contributed by atoms with van der Waals surface area (Å²) in [5.41, 5.74) is 0.498. The smallest absolute Gasteiger partial charge is 0.238 e. The van der Waals surface area contributed by atoms with E-state index >= 15 is 0 Å². The van der Waals surface area contributed by atoms with Crippen LogP contribution in [0, 0.1) is 11.8 Å². The van der Waals surface area contributed by atoms with Crippen molar-refractivity contribution >= 4 is 29.1 Å². The number of imide groups is 1. The maximum atomic E-state index is 12.3. The van der Waals surface area contributed by atoms with Gasteiger partial charge in [-0.25, -0.2) is 0 Å². The average Bonchev–Trinajstić information content (AvgIpc) is 2.63. The molecule has 0 spiro atoms. The first-order valence-corrected chi connectivity index (χ1v) is 6.47. The fourth-order valence-electron chi connectivity index (χ4n) is 2.68. The fourth-order valence-corrected chi connectivity index (χ4v) is 2.94. The maximum absolute atomic E-state index is 12.3. The van der Waals surface area contributed by atoms with Crippen LogP contribution >= 0.6 is 11.6 Å². The Labute approximate surface area is 115 Å². The molecule has 0 radical (unpaired) electrons. The van der Waals surface area contributed by atoms with Gasteiger partial charge in [-0.1, -0.05) is 17.7 Å². The minimum absolute atomic E-state index is 0.102. The molecule has 0 aromatic heterocycles. The summed E-state index contributed by atoms with van der Waals surface area (Å²) in [5.74, 6) is -0.930. The molecule has 2 atom stereocenters. The Balaban J connectivity index is 1.95. The summed E-state index contributed by atoms with van der Waals surface area (Å²) in [6.07, 6.45) is 2.77. The third-order valence-electron chi connectivity index (χ3n) is 3.68. The summed E-state index contributed by atoms with van der Waals surface area (Å²) < 4.78 is 0. The molecule has 1 aliphatic heterocycles. The summed E-state index contributed by atoms with van der Waals surface area (Å²) in [7, 11) is 0. The van der Waals surface area contributed by atoms with Crippen molar-refractivity contribution in [2.24, 2.45) is 11.8 Å². The molecule has 2 amide bonds. The van der Waals surface area contributed by atoms with Crippen LogP contribution in [0.3, 0.4) is 0 Å². The summed E-state index contributed by atoms with van der Waals surface area (Å²) in [6.45, 7) is 0. The first-order chi connectivity index (χ1) is 9.08. The Morgan fingerprint density at radius 2 is 1.74 bits per heavy atom. The largest absolute Gasteiger partial charge is 0.508 e. The van der Waals surface area contributed by atoms with Crippen LogP contribution in [0.5, 0.6) is 5.75 Å². The number of anilines is 1. The van der Waals surface area contributed by atoms with Crippen LogP contribution in [0.2, 0.25) is 0 Å². The van der Waals surface area contributed by atoms with Crippen molar-refractivity contribution in [3.05, 3.63) is 35.4 Å². The number of aromatic hydroxyl groups is 1. The minimum atomic E-state index is -0.348. The number of phenolic OH excluding ortho intramolecular Hbond substituents is 1. The molecule has 1 aromatic rings. The molecule has 1 heterocycles. The van der Waals surface area contributed by atoms with Crippen LogP contribution in [0.4, 0.5) is 5.69 Å². The van der Waals surface area contributed by atoms with Crippen molar-refractivity contribution in [1.82, 2.24) is 0 Å². The van der Waals surface area contributed by atoms with Gasteiger partial charge >= 0.3 is 0 Å². The number of benzene rings is 1. The van der Waals surface area contributed by atoms with Gasteiger partial charge < -0.3 is 5.11 Å². The number of carbonyl (C=O) groups is 2. The number of phenols is 1. The molecule has 1 N–H and O–H groups in total. The van der Waals surface area contributed by atoms with E-state index in [2.05, 4.69) is 0 Å². The van der Waals surface area contributed by atoms with Gasteiger partial charge in [-0.3, -0.25) is 14.5 Å². The molecular weight excluding hydrogens is 266 g/mol. The zero-order valence-corrected chi connectivity index (χ0v) is 10.8. The third kappa shape index (κ3) is 1.92. The van der Waals surface area contributed by atoms with Crippen molar-refractivity contribution in [2.75, 3.05) is 4.90 Å². The molecule has 19 heavy (non-hydrogen) atoms. The van der Waals surface area contributed by atoms with E-state index in [0.717, 1.165) is 0 Å². The molecule has 1 fully saturated rings. The van der Waals surface area contributed by atoms with Crippen LogP contribution in [-0.4, -0.2) is 16.9 Å². The molecule has 2 aliphatic rings. The molecule has 0 saturated carbocycles. The number of hydrogen-bond acceptors (Lipinski definition) is 3. The van der Waals surface area contributed by atoms with Crippen LogP contribution in [0.25, 0.3) is 0 Å². The lowest BCUT2D eigenvalue weighted by atomic mass is 9.85. The number of fused-ring (bicyclic) bond motifs is 1. The molecule has 98 valence electrons. The van der Waals surface area contributed by atoms with Crippen molar-refractivity contribution in [3.63, 3.8) is 0 Å². The zero-order chi connectivity index (χ0) is 13.6. The molecular formula is C14H12ClNO3. The second-order valence-corrected chi connectivity index (χ2v) is 5.32. The van der Waals surface area contributed by atoms with Crippen LogP contribution in [-0.2, 0) is 9.59 Å². The van der Waals surface area contributed by atoms with E-state index in [1.165, 1.54) is 17.0 Å². The van der Waals surface area contributed by atoms with Gasteiger partial charge in [0.1, 0.15) is 5.75 Å². The van der Waals surface area contributed by atoms with Gasteiger partial charge in [0.2, 0.25) is 11.8 Å². The summed E-state index contributed by atoms with van der Waals surface area (Å²) >= 11 is 5.96. The van der Waals surface area contributed by atoms with Crippen LogP contribution in [0.1, 0.15) is 12.8 Å². The van der Waals surface area contributed by atoms with E-state index in [4.69, 9.17) is 11.6 Å². The second-order valence-electron chi connectivity index (χ2n) is 4.83. The van der Waals surface area contributed by atoms with Gasteiger partial charge in [0.05, 0.1) is 17.5 Å². The highest BCUT2D eigenvalue weighted by Gasteiger charge is 2.48. The first kappa shape index (κ1) is 12.2. The molecule has 1 aromatic carbocycles. The van der Waals surface area contributed by atoms with Crippen molar-refractivity contribution in [1.29, 1.82) is 0 Å². The number of allylic oxidation sites excluding steroid dienone is 2. The maximum Gasteiger partial charge on any atom is 0.238 e. The number of hydrogen-bond donors (Lipinski definition) is 1. The standard InChI is InChI=1S/C14H12ClNO3/c15-8-1-6-11-12(7-8)14(19)16(13(11)18)9-2-4-10(17)5-3-9/h1-5,11-12,17H,6-7H2/t11-,12+/m0/s1. The van der Waals surface area contributed by atoms with Gasteiger partial charge in [-0.2, -0.15) is 0 Å². The van der Waals surface area contributed by atoms with E-state index in [0.29, 0.717) is 23.6 Å². The summed E-state index contributed by atoms with van der Waals surface area (Å²) in [6, 6.07) is 6.06.